The summed E-state index contributed by atoms with van der Waals surface area (Å²) in [5, 5.41) is 9.48. The summed E-state index contributed by atoms with van der Waals surface area (Å²) >= 11 is 6.98. The van der Waals surface area contributed by atoms with E-state index < -0.39 is 11.8 Å². The van der Waals surface area contributed by atoms with Gasteiger partial charge in [0.2, 0.25) is 0 Å². The quantitative estimate of drug-likeness (QED) is 0.910. The van der Waals surface area contributed by atoms with E-state index in [1.807, 2.05) is 0 Å². The predicted molar refractivity (Wildman–Crippen MR) is 68.9 cm³/mol. The van der Waals surface area contributed by atoms with Gasteiger partial charge in [-0.15, -0.1) is 0 Å². The summed E-state index contributed by atoms with van der Waals surface area (Å²) in [7, 11) is 0. The molecule has 0 aromatic heterocycles. The Balaban J connectivity index is 2.46. The highest BCUT2D eigenvalue weighted by atomic mass is 35.5. The number of aromatic carboxylic acids is 1. The van der Waals surface area contributed by atoms with Gasteiger partial charge in [-0.05, 0) is 24.3 Å². The average molecular weight is 283 g/mol. The topological polar surface area (TPSA) is 37.3 Å². The summed E-state index contributed by atoms with van der Waals surface area (Å²) in [4.78, 5) is 11.7. The minimum Gasteiger partial charge on any atom is -0.478 e. The number of carboxylic acid groups (broad SMARTS) is 1. The van der Waals surface area contributed by atoms with Crippen molar-refractivity contribution in [3.05, 3.63) is 58.9 Å². The zero-order chi connectivity index (χ0) is 13.1. The van der Waals surface area contributed by atoms with E-state index in [-0.39, 0.29) is 10.5 Å². The Kier molecular flexibility index (Phi) is 3.89. The molecule has 2 aromatic rings. The minimum atomic E-state index is -1.16. The van der Waals surface area contributed by atoms with Crippen LogP contribution in [0.1, 0.15) is 10.4 Å². The number of hydrogen-bond donors (Lipinski definition) is 1. The molecule has 0 saturated heterocycles. The van der Waals surface area contributed by atoms with Crippen molar-refractivity contribution in [2.45, 2.75) is 9.79 Å². The SMILES string of the molecule is O=C(O)c1cccc(F)c1Sc1ccccc1Cl. The fourth-order valence-corrected chi connectivity index (χ4v) is 2.63. The van der Waals surface area contributed by atoms with Crippen molar-refractivity contribution >= 4 is 29.3 Å². The van der Waals surface area contributed by atoms with E-state index in [9.17, 15) is 9.18 Å². The Morgan fingerprint density at radius 2 is 1.89 bits per heavy atom. The van der Waals surface area contributed by atoms with Gasteiger partial charge in [0.15, 0.2) is 0 Å². The van der Waals surface area contributed by atoms with Gasteiger partial charge in [0.1, 0.15) is 5.82 Å². The highest BCUT2D eigenvalue weighted by Crippen LogP contribution is 2.36. The van der Waals surface area contributed by atoms with Gasteiger partial charge in [0, 0.05) is 4.90 Å². The van der Waals surface area contributed by atoms with E-state index in [4.69, 9.17) is 16.7 Å². The van der Waals surface area contributed by atoms with Crippen molar-refractivity contribution in [2.75, 3.05) is 0 Å². The largest absolute Gasteiger partial charge is 0.478 e. The molecule has 2 nitrogen and oxygen atoms in total. The smallest absolute Gasteiger partial charge is 0.336 e. The van der Waals surface area contributed by atoms with Crippen LogP contribution in [0.4, 0.5) is 4.39 Å². The fraction of sp³-hybridized carbons (Fsp3) is 0. The van der Waals surface area contributed by atoms with Crippen LogP contribution in [0.5, 0.6) is 0 Å². The molecule has 0 saturated carbocycles. The number of benzene rings is 2. The molecule has 0 aliphatic carbocycles. The third kappa shape index (κ3) is 2.66. The Labute approximate surface area is 112 Å². The molecule has 0 bridgehead atoms. The van der Waals surface area contributed by atoms with Crippen molar-refractivity contribution in [1.29, 1.82) is 0 Å². The summed E-state index contributed by atoms with van der Waals surface area (Å²) in [5.41, 5.74) is -0.0695. The van der Waals surface area contributed by atoms with Gasteiger partial charge < -0.3 is 5.11 Å². The molecule has 0 aliphatic rings. The highest BCUT2D eigenvalue weighted by Gasteiger charge is 2.16. The molecule has 18 heavy (non-hydrogen) atoms. The maximum absolute atomic E-state index is 13.7. The Morgan fingerprint density at radius 3 is 2.56 bits per heavy atom. The normalized spacial score (nSPS) is 10.3. The number of carbonyl (C=O) groups is 1. The zero-order valence-corrected chi connectivity index (χ0v) is 10.6. The zero-order valence-electron chi connectivity index (χ0n) is 9.06. The van der Waals surface area contributed by atoms with E-state index in [2.05, 4.69) is 0 Å². The molecule has 0 amide bonds. The maximum atomic E-state index is 13.7. The van der Waals surface area contributed by atoms with Gasteiger partial charge in [0.25, 0.3) is 0 Å². The minimum absolute atomic E-state index is 0.0677. The van der Waals surface area contributed by atoms with E-state index in [0.717, 1.165) is 11.8 Å². The lowest BCUT2D eigenvalue weighted by atomic mass is 10.2. The first-order valence-corrected chi connectivity index (χ1v) is 6.23. The highest BCUT2D eigenvalue weighted by molar-refractivity contribution is 7.99. The van der Waals surface area contributed by atoms with Crippen molar-refractivity contribution < 1.29 is 14.3 Å². The number of hydrogen-bond acceptors (Lipinski definition) is 2. The summed E-state index contributed by atoms with van der Waals surface area (Å²) in [5.74, 6) is -1.73. The van der Waals surface area contributed by atoms with Gasteiger partial charge >= 0.3 is 5.97 Å². The molecule has 0 aliphatic heterocycles. The van der Waals surface area contributed by atoms with Gasteiger partial charge in [-0.25, -0.2) is 9.18 Å². The van der Waals surface area contributed by atoms with Crippen LogP contribution in [0, 0.1) is 5.82 Å². The van der Waals surface area contributed by atoms with Crippen molar-refractivity contribution in [2.24, 2.45) is 0 Å². The van der Waals surface area contributed by atoms with E-state index in [1.54, 1.807) is 24.3 Å². The molecule has 0 fully saturated rings. The Bertz CT molecular complexity index is 601. The summed E-state index contributed by atoms with van der Waals surface area (Å²) in [6.45, 7) is 0. The summed E-state index contributed by atoms with van der Waals surface area (Å²) in [6, 6.07) is 10.9. The third-order valence-corrected chi connectivity index (χ3v) is 3.88. The van der Waals surface area contributed by atoms with Crippen LogP contribution in [0.15, 0.2) is 52.3 Å². The summed E-state index contributed by atoms with van der Waals surface area (Å²) < 4.78 is 13.7. The van der Waals surface area contributed by atoms with Crippen LogP contribution in [0.3, 0.4) is 0 Å². The van der Waals surface area contributed by atoms with Crippen molar-refractivity contribution in [3.8, 4) is 0 Å². The van der Waals surface area contributed by atoms with Gasteiger partial charge in [0.05, 0.1) is 15.5 Å². The Hall–Kier alpha value is -1.52. The van der Waals surface area contributed by atoms with Crippen molar-refractivity contribution in [1.82, 2.24) is 0 Å². The van der Waals surface area contributed by atoms with Crippen molar-refractivity contribution in [3.63, 3.8) is 0 Å². The number of carboxylic acids is 1. The van der Waals surface area contributed by atoms with Crippen LogP contribution >= 0.6 is 23.4 Å². The van der Waals surface area contributed by atoms with E-state index in [0.29, 0.717) is 9.92 Å². The van der Waals surface area contributed by atoms with Crippen LogP contribution < -0.4 is 0 Å². The second-order valence-corrected chi connectivity index (χ2v) is 4.91. The molecule has 92 valence electrons. The number of halogens is 2. The van der Waals surface area contributed by atoms with Gasteiger partial charge in [-0.3, -0.25) is 0 Å². The molecule has 0 atom stereocenters. The van der Waals surface area contributed by atoms with Crippen LogP contribution in [0.2, 0.25) is 5.02 Å². The molecule has 0 spiro atoms. The Morgan fingerprint density at radius 1 is 1.17 bits per heavy atom. The molecular formula is C13H8ClFO2S. The first-order valence-electron chi connectivity index (χ1n) is 5.04. The van der Waals surface area contributed by atoms with Crippen LogP contribution in [-0.2, 0) is 0 Å². The third-order valence-electron chi connectivity index (χ3n) is 2.25. The average Bonchev–Trinajstić information content (AvgIpc) is 2.34. The first kappa shape index (κ1) is 12.9. The number of rotatable bonds is 3. The standard InChI is InChI=1S/C13H8ClFO2S/c14-9-5-1-2-7-11(9)18-12-8(13(16)17)4-3-6-10(12)15/h1-7H,(H,16,17). The lowest BCUT2D eigenvalue weighted by Crippen LogP contribution is -2.00. The van der Waals surface area contributed by atoms with Gasteiger partial charge in [-0.1, -0.05) is 41.6 Å². The van der Waals surface area contributed by atoms with Crippen LogP contribution in [0.25, 0.3) is 0 Å². The molecule has 0 radical (unpaired) electrons. The molecule has 0 heterocycles. The molecular weight excluding hydrogens is 275 g/mol. The molecule has 2 aromatic carbocycles. The van der Waals surface area contributed by atoms with Crippen LogP contribution in [-0.4, -0.2) is 11.1 Å². The second-order valence-electron chi connectivity index (χ2n) is 3.45. The molecule has 5 heteroatoms. The lowest BCUT2D eigenvalue weighted by Gasteiger charge is -2.08. The molecule has 2 rings (SSSR count). The maximum Gasteiger partial charge on any atom is 0.336 e. The monoisotopic (exact) mass is 282 g/mol. The second kappa shape index (κ2) is 5.42. The van der Waals surface area contributed by atoms with Gasteiger partial charge in [-0.2, -0.15) is 0 Å². The van der Waals surface area contributed by atoms with E-state index in [1.165, 1.54) is 18.2 Å². The lowest BCUT2D eigenvalue weighted by molar-refractivity contribution is 0.0692. The fourth-order valence-electron chi connectivity index (χ4n) is 1.42. The predicted octanol–water partition coefficient (Wildman–Crippen LogP) is 4.33. The summed E-state index contributed by atoms with van der Waals surface area (Å²) in [6.07, 6.45) is 0. The first-order chi connectivity index (χ1) is 8.59. The van der Waals surface area contributed by atoms with E-state index >= 15 is 0 Å². The molecule has 1 N–H and O–H groups in total. The molecule has 0 unspecified atom stereocenters.